The van der Waals surface area contributed by atoms with Crippen LogP contribution in [0.1, 0.15) is 28.4 Å². The SMILES string of the molecule is CCc1ccc(C(=O)NC(=S)Nc2ccc(Cl)cc2C(F)(F)F)cc1. The van der Waals surface area contributed by atoms with Gasteiger partial charge in [-0.1, -0.05) is 30.7 Å². The van der Waals surface area contributed by atoms with E-state index in [0.717, 1.165) is 24.1 Å². The first-order valence-corrected chi connectivity index (χ1v) is 8.07. The quantitative estimate of drug-likeness (QED) is 0.725. The zero-order chi connectivity index (χ0) is 18.6. The Kier molecular flexibility index (Phi) is 6.02. The maximum Gasteiger partial charge on any atom is 0.418 e. The van der Waals surface area contributed by atoms with E-state index in [9.17, 15) is 18.0 Å². The van der Waals surface area contributed by atoms with E-state index in [0.29, 0.717) is 5.56 Å². The Morgan fingerprint density at radius 1 is 1.16 bits per heavy atom. The summed E-state index contributed by atoms with van der Waals surface area (Å²) in [5.74, 6) is -0.511. The van der Waals surface area contributed by atoms with Crippen LogP contribution in [-0.4, -0.2) is 11.0 Å². The standard InChI is InChI=1S/C17H14ClF3N2OS/c1-2-10-3-5-11(6-4-10)15(24)23-16(25)22-14-8-7-12(18)9-13(14)17(19,20)21/h3-9H,2H2,1H3,(H2,22,23,24,25). The van der Waals surface area contributed by atoms with Gasteiger partial charge in [-0.2, -0.15) is 13.2 Å². The molecular weight excluding hydrogens is 373 g/mol. The molecule has 0 atom stereocenters. The zero-order valence-corrected chi connectivity index (χ0v) is 14.6. The first-order valence-electron chi connectivity index (χ1n) is 7.28. The van der Waals surface area contributed by atoms with E-state index in [1.807, 2.05) is 6.92 Å². The van der Waals surface area contributed by atoms with Crippen LogP contribution >= 0.6 is 23.8 Å². The lowest BCUT2D eigenvalue weighted by Crippen LogP contribution is -2.34. The van der Waals surface area contributed by atoms with E-state index < -0.39 is 17.6 Å². The molecule has 0 bridgehead atoms. The molecule has 2 aromatic rings. The highest BCUT2D eigenvalue weighted by Crippen LogP contribution is 2.36. The zero-order valence-electron chi connectivity index (χ0n) is 13.1. The van der Waals surface area contributed by atoms with Gasteiger partial charge >= 0.3 is 6.18 Å². The minimum Gasteiger partial charge on any atom is -0.332 e. The average Bonchev–Trinajstić information content (AvgIpc) is 2.55. The van der Waals surface area contributed by atoms with Gasteiger partial charge in [0, 0.05) is 10.6 Å². The number of amides is 1. The lowest BCUT2D eigenvalue weighted by molar-refractivity contribution is -0.136. The fraction of sp³-hybridized carbons (Fsp3) is 0.176. The van der Waals surface area contributed by atoms with Crippen LogP contribution in [0.15, 0.2) is 42.5 Å². The molecule has 0 radical (unpaired) electrons. The topological polar surface area (TPSA) is 41.1 Å². The van der Waals surface area contributed by atoms with Crippen LogP contribution in [0.3, 0.4) is 0 Å². The Labute approximate surface area is 153 Å². The van der Waals surface area contributed by atoms with E-state index in [1.165, 1.54) is 6.07 Å². The molecule has 2 rings (SSSR count). The van der Waals surface area contributed by atoms with Crippen molar-refractivity contribution < 1.29 is 18.0 Å². The molecule has 0 fully saturated rings. The predicted molar refractivity (Wildman–Crippen MR) is 96.0 cm³/mol. The molecule has 0 aliphatic carbocycles. The Hall–Kier alpha value is -2.12. The lowest BCUT2D eigenvalue weighted by Gasteiger charge is -2.16. The molecule has 0 aliphatic heterocycles. The van der Waals surface area contributed by atoms with E-state index >= 15 is 0 Å². The second-order valence-electron chi connectivity index (χ2n) is 5.15. The largest absolute Gasteiger partial charge is 0.418 e. The highest BCUT2D eigenvalue weighted by atomic mass is 35.5. The van der Waals surface area contributed by atoms with Crippen LogP contribution in [0.25, 0.3) is 0 Å². The Morgan fingerprint density at radius 3 is 2.36 bits per heavy atom. The van der Waals surface area contributed by atoms with Crippen molar-refractivity contribution in [2.24, 2.45) is 0 Å². The highest BCUT2D eigenvalue weighted by Gasteiger charge is 2.34. The van der Waals surface area contributed by atoms with Crippen LogP contribution in [0.5, 0.6) is 0 Å². The average molecular weight is 387 g/mol. The molecule has 2 N–H and O–H groups in total. The van der Waals surface area contributed by atoms with Gasteiger partial charge in [0.25, 0.3) is 5.91 Å². The van der Waals surface area contributed by atoms with E-state index in [4.69, 9.17) is 23.8 Å². The molecule has 0 saturated heterocycles. The van der Waals surface area contributed by atoms with Crippen molar-refractivity contribution in [1.82, 2.24) is 5.32 Å². The lowest BCUT2D eigenvalue weighted by atomic mass is 10.1. The Morgan fingerprint density at radius 2 is 1.80 bits per heavy atom. The van der Waals surface area contributed by atoms with Gasteiger partial charge in [-0.05, 0) is 54.5 Å². The van der Waals surface area contributed by atoms with Crippen LogP contribution < -0.4 is 10.6 Å². The monoisotopic (exact) mass is 386 g/mol. The maximum atomic E-state index is 13.0. The number of alkyl halides is 3. The predicted octanol–water partition coefficient (Wildman–Crippen LogP) is 5.05. The summed E-state index contributed by atoms with van der Waals surface area (Å²) in [6.07, 6.45) is -3.78. The normalized spacial score (nSPS) is 11.1. The summed E-state index contributed by atoms with van der Waals surface area (Å²) in [4.78, 5) is 12.1. The second-order valence-corrected chi connectivity index (χ2v) is 5.99. The number of anilines is 1. The van der Waals surface area contributed by atoms with E-state index in [-0.39, 0.29) is 15.8 Å². The minimum absolute atomic E-state index is 0.0520. The smallest absolute Gasteiger partial charge is 0.332 e. The fourth-order valence-electron chi connectivity index (χ4n) is 2.08. The van der Waals surface area contributed by atoms with Gasteiger partial charge in [-0.3, -0.25) is 10.1 Å². The van der Waals surface area contributed by atoms with Gasteiger partial charge in [0.05, 0.1) is 11.3 Å². The van der Waals surface area contributed by atoms with Crippen molar-refractivity contribution in [3.8, 4) is 0 Å². The third-order valence-electron chi connectivity index (χ3n) is 3.39. The summed E-state index contributed by atoms with van der Waals surface area (Å²) in [5.41, 5.74) is 0.161. The van der Waals surface area contributed by atoms with Crippen molar-refractivity contribution in [2.75, 3.05) is 5.32 Å². The first kappa shape index (κ1) is 19.2. The third kappa shape index (κ3) is 5.17. The Balaban J connectivity index is 2.11. The number of carbonyl (C=O) groups excluding carboxylic acids is 1. The summed E-state index contributed by atoms with van der Waals surface area (Å²) in [6, 6.07) is 10.1. The summed E-state index contributed by atoms with van der Waals surface area (Å²) in [7, 11) is 0. The van der Waals surface area contributed by atoms with Crippen molar-refractivity contribution in [1.29, 1.82) is 0 Å². The molecule has 1 amide bonds. The minimum atomic E-state index is -4.61. The van der Waals surface area contributed by atoms with Crippen molar-refractivity contribution in [2.45, 2.75) is 19.5 Å². The second kappa shape index (κ2) is 7.84. The number of aryl methyl sites for hydroxylation is 1. The van der Waals surface area contributed by atoms with Crippen LogP contribution in [0.4, 0.5) is 18.9 Å². The van der Waals surface area contributed by atoms with Gasteiger partial charge in [0.15, 0.2) is 5.11 Å². The van der Waals surface area contributed by atoms with E-state index in [1.54, 1.807) is 24.3 Å². The summed E-state index contributed by atoms with van der Waals surface area (Å²) in [6.45, 7) is 1.98. The van der Waals surface area contributed by atoms with E-state index in [2.05, 4.69) is 10.6 Å². The number of hydrogen-bond donors (Lipinski definition) is 2. The number of halogens is 4. The highest BCUT2D eigenvalue weighted by molar-refractivity contribution is 7.80. The molecule has 0 aliphatic rings. The van der Waals surface area contributed by atoms with Gasteiger partial charge in [0.1, 0.15) is 0 Å². The van der Waals surface area contributed by atoms with Crippen LogP contribution in [0.2, 0.25) is 5.02 Å². The molecule has 8 heteroatoms. The van der Waals surface area contributed by atoms with Gasteiger partial charge < -0.3 is 5.32 Å². The first-order chi connectivity index (χ1) is 11.7. The molecule has 0 saturated carbocycles. The maximum absolute atomic E-state index is 13.0. The number of hydrogen-bond acceptors (Lipinski definition) is 2. The number of carbonyl (C=O) groups is 1. The molecule has 3 nitrogen and oxygen atoms in total. The Bertz CT molecular complexity index is 791. The van der Waals surface area contributed by atoms with Crippen molar-refractivity contribution >= 4 is 40.5 Å². The molecule has 25 heavy (non-hydrogen) atoms. The fourth-order valence-corrected chi connectivity index (χ4v) is 2.46. The van der Waals surface area contributed by atoms with Gasteiger partial charge in [-0.15, -0.1) is 0 Å². The van der Waals surface area contributed by atoms with Crippen molar-refractivity contribution in [3.63, 3.8) is 0 Å². The number of rotatable bonds is 3. The molecule has 0 unspecified atom stereocenters. The van der Waals surface area contributed by atoms with Gasteiger partial charge in [-0.25, -0.2) is 0 Å². The molecule has 0 spiro atoms. The summed E-state index contributed by atoms with van der Waals surface area (Å²) < 4.78 is 39.1. The number of thiocarbonyl (C=S) groups is 1. The number of benzene rings is 2. The number of nitrogens with one attached hydrogen (secondary N) is 2. The summed E-state index contributed by atoms with van der Waals surface area (Å²) in [5, 5.41) is 4.45. The van der Waals surface area contributed by atoms with Crippen molar-refractivity contribution in [3.05, 3.63) is 64.2 Å². The van der Waals surface area contributed by atoms with Gasteiger partial charge in [0.2, 0.25) is 0 Å². The molecule has 0 heterocycles. The molecule has 132 valence electrons. The van der Waals surface area contributed by atoms with Crippen LogP contribution in [-0.2, 0) is 12.6 Å². The molecular formula is C17H14ClF3N2OS. The summed E-state index contributed by atoms with van der Waals surface area (Å²) >= 11 is 10.6. The molecule has 0 aromatic heterocycles. The molecule has 2 aromatic carbocycles. The van der Waals surface area contributed by atoms with Crippen LogP contribution in [0, 0.1) is 0 Å². The third-order valence-corrected chi connectivity index (χ3v) is 3.83.